The van der Waals surface area contributed by atoms with E-state index in [0.29, 0.717) is 12.2 Å². The number of benzene rings is 1. The van der Waals surface area contributed by atoms with E-state index in [1.807, 2.05) is 0 Å². The van der Waals surface area contributed by atoms with Gasteiger partial charge in [-0.05, 0) is 6.07 Å². The molecular weight excluding hydrogens is 248 g/mol. The lowest BCUT2D eigenvalue weighted by Gasteiger charge is -2.15. The number of nitro benzene ring substituents is 1. The smallest absolute Gasteiger partial charge is 0.271 e. The fourth-order valence-electron chi connectivity index (χ4n) is 1.22. The third-order valence-corrected chi connectivity index (χ3v) is 2.46. The molecule has 0 heterocycles. The number of anilines is 1. The van der Waals surface area contributed by atoms with Crippen LogP contribution in [-0.2, 0) is 9.47 Å². The van der Waals surface area contributed by atoms with E-state index in [1.54, 1.807) is 6.07 Å². The van der Waals surface area contributed by atoms with Crippen LogP contribution in [0.3, 0.4) is 0 Å². The molecule has 0 aromatic heterocycles. The summed E-state index contributed by atoms with van der Waals surface area (Å²) in [5, 5.41) is 13.8. The van der Waals surface area contributed by atoms with Gasteiger partial charge in [-0.3, -0.25) is 10.1 Å². The first-order valence-corrected chi connectivity index (χ1v) is 5.19. The van der Waals surface area contributed by atoms with Crippen molar-refractivity contribution in [3.63, 3.8) is 0 Å². The largest absolute Gasteiger partial charge is 0.379 e. The fourth-order valence-corrected chi connectivity index (χ4v) is 1.46. The number of nitrogens with one attached hydrogen (secondary N) is 1. The van der Waals surface area contributed by atoms with Crippen LogP contribution in [0, 0.1) is 10.1 Å². The fraction of sp³-hybridized carbons (Fsp3) is 0.400. The van der Waals surface area contributed by atoms with Crippen molar-refractivity contribution in [3.05, 3.63) is 33.3 Å². The van der Waals surface area contributed by atoms with E-state index >= 15 is 0 Å². The Morgan fingerprint density at radius 1 is 1.47 bits per heavy atom. The van der Waals surface area contributed by atoms with Crippen LogP contribution in [0.5, 0.6) is 0 Å². The Hall–Kier alpha value is -1.37. The van der Waals surface area contributed by atoms with E-state index in [4.69, 9.17) is 21.1 Å². The number of hydrogen-bond acceptors (Lipinski definition) is 5. The van der Waals surface area contributed by atoms with Crippen molar-refractivity contribution < 1.29 is 14.4 Å². The average Bonchev–Trinajstić information content (AvgIpc) is 2.31. The van der Waals surface area contributed by atoms with Gasteiger partial charge in [0.15, 0.2) is 6.29 Å². The number of rotatable bonds is 6. The standard InChI is InChI=1S/C10H13ClN2O4/c1-16-10(17-2)6-12-9-4-3-7(13(14)15)5-8(9)11/h3-5,10,12H,6H2,1-2H3. The van der Waals surface area contributed by atoms with Crippen molar-refractivity contribution in [1.29, 1.82) is 0 Å². The van der Waals surface area contributed by atoms with Crippen LogP contribution in [0.15, 0.2) is 18.2 Å². The summed E-state index contributed by atoms with van der Waals surface area (Å²) >= 11 is 5.89. The summed E-state index contributed by atoms with van der Waals surface area (Å²) in [6, 6.07) is 4.21. The molecule has 1 aromatic rings. The molecule has 1 aromatic carbocycles. The molecule has 0 saturated carbocycles. The lowest BCUT2D eigenvalue weighted by atomic mass is 10.3. The van der Waals surface area contributed by atoms with E-state index < -0.39 is 11.2 Å². The zero-order chi connectivity index (χ0) is 12.8. The molecule has 0 fully saturated rings. The van der Waals surface area contributed by atoms with Gasteiger partial charge >= 0.3 is 0 Å². The Labute approximate surface area is 104 Å². The predicted octanol–water partition coefficient (Wildman–Crippen LogP) is 2.28. The van der Waals surface area contributed by atoms with Gasteiger partial charge < -0.3 is 14.8 Å². The van der Waals surface area contributed by atoms with Gasteiger partial charge in [0.1, 0.15) is 0 Å². The molecule has 0 aliphatic heterocycles. The van der Waals surface area contributed by atoms with E-state index in [2.05, 4.69) is 5.32 Å². The first kappa shape index (κ1) is 13.7. The second-order valence-corrected chi connectivity index (χ2v) is 3.61. The van der Waals surface area contributed by atoms with Crippen molar-refractivity contribution in [1.82, 2.24) is 0 Å². The number of non-ortho nitro benzene ring substituents is 1. The third-order valence-electron chi connectivity index (χ3n) is 2.15. The highest BCUT2D eigenvalue weighted by Crippen LogP contribution is 2.26. The van der Waals surface area contributed by atoms with E-state index in [0.717, 1.165) is 0 Å². The first-order chi connectivity index (χ1) is 8.08. The van der Waals surface area contributed by atoms with E-state index in [-0.39, 0.29) is 10.7 Å². The summed E-state index contributed by atoms with van der Waals surface area (Å²) in [5.41, 5.74) is 0.548. The van der Waals surface area contributed by atoms with Crippen molar-refractivity contribution in [2.45, 2.75) is 6.29 Å². The Morgan fingerprint density at radius 3 is 2.59 bits per heavy atom. The lowest BCUT2D eigenvalue weighted by molar-refractivity contribution is -0.384. The quantitative estimate of drug-likeness (QED) is 0.483. The van der Waals surface area contributed by atoms with Crippen LogP contribution < -0.4 is 5.32 Å². The summed E-state index contributed by atoms with van der Waals surface area (Å²) in [7, 11) is 3.04. The van der Waals surface area contributed by atoms with Crippen molar-refractivity contribution in [2.24, 2.45) is 0 Å². The molecule has 0 saturated heterocycles. The molecule has 0 atom stereocenters. The molecule has 0 bridgehead atoms. The number of nitro groups is 1. The van der Waals surface area contributed by atoms with Crippen LogP contribution in [0.4, 0.5) is 11.4 Å². The second-order valence-electron chi connectivity index (χ2n) is 3.20. The van der Waals surface area contributed by atoms with Crippen LogP contribution in [-0.4, -0.2) is 32.0 Å². The lowest BCUT2D eigenvalue weighted by Crippen LogP contribution is -2.23. The summed E-state index contributed by atoms with van der Waals surface area (Å²) in [6.45, 7) is 0.393. The summed E-state index contributed by atoms with van der Waals surface area (Å²) in [4.78, 5) is 10.0. The molecular formula is C10H13ClN2O4. The third kappa shape index (κ3) is 3.85. The average molecular weight is 261 g/mol. The minimum absolute atomic E-state index is 0.0458. The maximum atomic E-state index is 10.5. The maximum Gasteiger partial charge on any atom is 0.271 e. The molecule has 1 N–H and O–H groups in total. The van der Waals surface area contributed by atoms with E-state index in [9.17, 15) is 10.1 Å². The van der Waals surface area contributed by atoms with E-state index in [1.165, 1.54) is 26.4 Å². The Bertz CT molecular complexity index is 396. The topological polar surface area (TPSA) is 73.6 Å². The highest BCUT2D eigenvalue weighted by molar-refractivity contribution is 6.33. The summed E-state index contributed by atoms with van der Waals surface area (Å²) in [5.74, 6) is 0. The maximum absolute atomic E-state index is 10.5. The van der Waals surface area contributed by atoms with Crippen LogP contribution in [0.1, 0.15) is 0 Å². The molecule has 0 aliphatic carbocycles. The highest BCUT2D eigenvalue weighted by Gasteiger charge is 2.10. The molecule has 0 radical (unpaired) electrons. The van der Waals surface area contributed by atoms with Gasteiger partial charge in [-0.2, -0.15) is 0 Å². The van der Waals surface area contributed by atoms with Crippen LogP contribution >= 0.6 is 11.6 Å². The second kappa shape index (κ2) is 6.39. The van der Waals surface area contributed by atoms with Gasteiger partial charge in [-0.1, -0.05) is 11.6 Å². The normalized spacial score (nSPS) is 10.6. The zero-order valence-electron chi connectivity index (χ0n) is 9.47. The molecule has 1 rings (SSSR count). The van der Waals surface area contributed by atoms with Crippen molar-refractivity contribution in [2.75, 3.05) is 26.1 Å². The monoisotopic (exact) mass is 260 g/mol. The number of hydrogen-bond donors (Lipinski definition) is 1. The van der Waals surface area contributed by atoms with Gasteiger partial charge in [0.2, 0.25) is 0 Å². The molecule has 0 spiro atoms. The van der Waals surface area contributed by atoms with Crippen LogP contribution in [0.2, 0.25) is 5.02 Å². The Kier molecular flexibility index (Phi) is 5.14. The van der Waals surface area contributed by atoms with Gasteiger partial charge in [0, 0.05) is 26.4 Å². The molecule has 0 unspecified atom stereocenters. The van der Waals surface area contributed by atoms with Crippen LogP contribution in [0.25, 0.3) is 0 Å². The minimum atomic E-state index is -0.497. The number of nitrogens with zero attached hydrogens (tertiary/aromatic N) is 1. The Morgan fingerprint density at radius 2 is 2.12 bits per heavy atom. The summed E-state index contributed by atoms with van der Waals surface area (Å²) < 4.78 is 9.97. The van der Waals surface area contributed by atoms with Gasteiger partial charge in [0.05, 0.1) is 22.2 Å². The highest BCUT2D eigenvalue weighted by atomic mass is 35.5. The number of ether oxygens (including phenoxy) is 2. The number of halogens is 1. The predicted molar refractivity (Wildman–Crippen MR) is 64.4 cm³/mol. The van der Waals surface area contributed by atoms with Gasteiger partial charge in [0.25, 0.3) is 5.69 Å². The van der Waals surface area contributed by atoms with Crippen molar-refractivity contribution >= 4 is 23.0 Å². The molecule has 7 heteroatoms. The molecule has 6 nitrogen and oxygen atoms in total. The molecule has 94 valence electrons. The zero-order valence-corrected chi connectivity index (χ0v) is 10.2. The van der Waals surface area contributed by atoms with Gasteiger partial charge in [-0.15, -0.1) is 0 Å². The molecule has 17 heavy (non-hydrogen) atoms. The Balaban J connectivity index is 2.69. The first-order valence-electron chi connectivity index (χ1n) is 4.82. The molecule has 0 amide bonds. The molecule has 0 aliphatic rings. The van der Waals surface area contributed by atoms with Gasteiger partial charge in [-0.25, -0.2) is 0 Å². The SMILES string of the molecule is COC(CNc1ccc([N+](=O)[O-])cc1Cl)OC. The number of methoxy groups -OCH3 is 2. The minimum Gasteiger partial charge on any atom is -0.379 e. The summed E-state index contributed by atoms with van der Waals surface area (Å²) in [6.07, 6.45) is -0.402. The van der Waals surface area contributed by atoms with Crippen molar-refractivity contribution in [3.8, 4) is 0 Å².